The van der Waals surface area contributed by atoms with E-state index in [-0.39, 0.29) is 17.9 Å². The van der Waals surface area contributed by atoms with Crippen molar-refractivity contribution in [2.75, 3.05) is 6.54 Å². The maximum absolute atomic E-state index is 13.0. The first-order valence-electron chi connectivity index (χ1n) is 8.75. The first-order valence-corrected chi connectivity index (χ1v) is 9.16. The van der Waals surface area contributed by atoms with Crippen molar-refractivity contribution in [2.24, 2.45) is 7.05 Å². The van der Waals surface area contributed by atoms with Crippen LogP contribution in [-0.4, -0.2) is 37.0 Å². The largest absolute Gasteiger partial charge is 0.416 e. The minimum atomic E-state index is -4.53. The Kier molecular flexibility index (Phi) is 5.87. The van der Waals surface area contributed by atoms with Crippen molar-refractivity contribution in [1.82, 2.24) is 29.9 Å². The second-order valence-corrected chi connectivity index (χ2v) is 6.86. The monoisotopic (exact) mass is 438 g/mol. The quantitative estimate of drug-likeness (QED) is 0.596. The summed E-state index contributed by atoms with van der Waals surface area (Å²) in [7, 11) is 1.72. The maximum atomic E-state index is 13.0. The third-order valence-corrected chi connectivity index (χ3v) is 4.71. The van der Waals surface area contributed by atoms with Crippen LogP contribution in [0.25, 0.3) is 5.69 Å². The van der Waals surface area contributed by atoms with Crippen LogP contribution < -0.4 is 10.7 Å². The molecule has 0 aliphatic heterocycles. The van der Waals surface area contributed by atoms with Gasteiger partial charge in [0, 0.05) is 31.8 Å². The zero-order valence-corrected chi connectivity index (χ0v) is 16.8. The van der Waals surface area contributed by atoms with E-state index < -0.39 is 28.8 Å². The van der Waals surface area contributed by atoms with E-state index in [2.05, 4.69) is 20.6 Å². The molecule has 2 heterocycles. The molecule has 0 aliphatic rings. The van der Waals surface area contributed by atoms with Crippen LogP contribution in [0.2, 0.25) is 0 Å². The van der Waals surface area contributed by atoms with Crippen LogP contribution in [0, 0.1) is 11.7 Å². The molecule has 0 fully saturated rings. The molecule has 0 unspecified atom stereocenters. The summed E-state index contributed by atoms with van der Waals surface area (Å²) in [5, 5.41) is 13.2. The van der Waals surface area contributed by atoms with Gasteiger partial charge in [-0.05, 0) is 37.3 Å². The van der Waals surface area contributed by atoms with Crippen molar-refractivity contribution in [3.63, 3.8) is 0 Å². The lowest BCUT2D eigenvalue weighted by molar-refractivity contribution is -0.137. The highest BCUT2D eigenvalue weighted by atomic mass is 32.1. The van der Waals surface area contributed by atoms with Crippen LogP contribution in [0.3, 0.4) is 0 Å². The molecule has 0 radical (unpaired) electrons. The molecule has 3 aromatic rings. The van der Waals surface area contributed by atoms with Crippen LogP contribution in [-0.2, 0) is 19.6 Å². The second-order valence-electron chi connectivity index (χ2n) is 6.47. The molecule has 1 amide bonds. The minimum absolute atomic E-state index is 0.0814. The molecule has 8 nitrogen and oxygen atoms in total. The first-order chi connectivity index (χ1) is 14.1. The van der Waals surface area contributed by atoms with Crippen LogP contribution in [0.15, 0.2) is 35.1 Å². The molecular weight excluding hydrogens is 421 g/mol. The van der Waals surface area contributed by atoms with Gasteiger partial charge in [-0.3, -0.25) is 14.7 Å². The third kappa shape index (κ3) is 4.48. The molecule has 2 N–H and O–H groups in total. The summed E-state index contributed by atoms with van der Waals surface area (Å²) in [6.45, 7) is 1.67. The van der Waals surface area contributed by atoms with E-state index in [9.17, 15) is 22.8 Å². The molecule has 1 aromatic carbocycles. The van der Waals surface area contributed by atoms with Crippen molar-refractivity contribution in [2.45, 2.75) is 19.5 Å². The van der Waals surface area contributed by atoms with Gasteiger partial charge in [0.25, 0.3) is 5.91 Å². The Balaban J connectivity index is 1.84. The molecule has 0 bridgehead atoms. The summed E-state index contributed by atoms with van der Waals surface area (Å²) < 4.78 is 42.2. The number of halogens is 3. The van der Waals surface area contributed by atoms with Gasteiger partial charge < -0.3 is 9.88 Å². The van der Waals surface area contributed by atoms with Gasteiger partial charge in [0.1, 0.15) is 5.82 Å². The number of alkyl halides is 3. The lowest BCUT2D eigenvalue weighted by atomic mass is 10.2. The number of aryl methyl sites for hydroxylation is 1. The van der Waals surface area contributed by atoms with Gasteiger partial charge in [0.15, 0.2) is 10.5 Å². The van der Waals surface area contributed by atoms with E-state index in [1.807, 2.05) is 0 Å². The van der Waals surface area contributed by atoms with E-state index >= 15 is 0 Å². The number of benzene rings is 1. The van der Waals surface area contributed by atoms with Gasteiger partial charge in [-0.25, -0.2) is 4.68 Å². The van der Waals surface area contributed by atoms with Crippen molar-refractivity contribution < 1.29 is 18.0 Å². The van der Waals surface area contributed by atoms with Crippen molar-refractivity contribution in [3.8, 4) is 5.69 Å². The molecule has 0 saturated heterocycles. The predicted octanol–water partition coefficient (Wildman–Crippen LogP) is 2.32. The molecule has 0 atom stereocenters. The SMILES string of the molecule is Cc1cc(=O)c(C(=O)NCCc2n[nH]c(=S)n2C)nn1-c1cccc(C(F)(F)F)c1. The fourth-order valence-corrected chi connectivity index (χ4v) is 2.91. The van der Waals surface area contributed by atoms with Crippen molar-refractivity contribution in [1.29, 1.82) is 0 Å². The van der Waals surface area contributed by atoms with Crippen LogP contribution >= 0.6 is 12.2 Å². The lowest BCUT2D eigenvalue weighted by Gasteiger charge is -2.13. The van der Waals surface area contributed by atoms with E-state index in [0.29, 0.717) is 17.0 Å². The van der Waals surface area contributed by atoms with E-state index in [4.69, 9.17) is 12.2 Å². The molecule has 0 aliphatic carbocycles. The zero-order valence-electron chi connectivity index (χ0n) is 15.9. The summed E-state index contributed by atoms with van der Waals surface area (Å²) in [6.07, 6.45) is -4.18. The normalized spacial score (nSPS) is 11.5. The number of nitrogens with one attached hydrogen (secondary N) is 2. The highest BCUT2D eigenvalue weighted by Gasteiger charge is 2.30. The number of carbonyl (C=O) groups is 1. The number of carbonyl (C=O) groups excluding carboxylic acids is 1. The van der Waals surface area contributed by atoms with Gasteiger partial charge >= 0.3 is 6.18 Å². The van der Waals surface area contributed by atoms with Crippen LogP contribution in [0.4, 0.5) is 13.2 Å². The number of amides is 1. The third-order valence-electron chi connectivity index (χ3n) is 4.35. The maximum Gasteiger partial charge on any atom is 0.416 e. The topological polar surface area (TPSA) is 97.6 Å². The Morgan fingerprint density at radius 1 is 1.30 bits per heavy atom. The van der Waals surface area contributed by atoms with Crippen molar-refractivity contribution in [3.05, 3.63) is 68.1 Å². The number of hydrogen-bond acceptors (Lipinski definition) is 5. The number of nitrogens with zero attached hydrogens (tertiary/aromatic N) is 4. The standard InChI is InChI=1S/C18H17F3N6O2S/c1-10-8-13(28)15(16(29)22-7-6-14-23-24-17(30)26(14)2)25-27(10)12-5-3-4-11(9-12)18(19,20)21/h3-5,8-9H,6-7H2,1-2H3,(H,22,29)(H,24,30). The van der Waals surface area contributed by atoms with E-state index in [0.717, 1.165) is 22.9 Å². The number of aromatic amines is 1. The van der Waals surface area contributed by atoms with E-state index in [1.165, 1.54) is 19.1 Å². The molecule has 12 heteroatoms. The minimum Gasteiger partial charge on any atom is -0.350 e. The Bertz CT molecular complexity index is 1210. The molecule has 0 spiro atoms. The molecule has 0 saturated carbocycles. The first kappa shape index (κ1) is 21.4. The fourth-order valence-electron chi connectivity index (χ4n) is 2.75. The molecule has 2 aromatic heterocycles. The van der Waals surface area contributed by atoms with E-state index in [1.54, 1.807) is 11.6 Å². The van der Waals surface area contributed by atoms with Gasteiger partial charge in [-0.2, -0.15) is 23.4 Å². The number of H-pyrrole nitrogens is 1. The molecule has 30 heavy (non-hydrogen) atoms. The number of rotatable bonds is 5. The van der Waals surface area contributed by atoms with Gasteiger partial charge in [0.2, 0.25) is 5.43 Å². The summed E-state index contributed by atoms with van der Waals surface area (Å²) in [6, 6.07) is 5.62. The Morgan fingerprint density at radius 2 is 2.03 bits per heavy atom. The summed E-state index contributed by atoms with van der Waals surface area (Å²) in [4.78, 5) is 24.7. The molecule has 158 valence electrons. The molecule has 3 rings (SSSR count). The van der Waals surface area contributed by atoms with Gasteiger partial charge in [-0.1, -0.05) is 6.07 Å². The number of aromatic nitrogens is 5. The Labute approximate surface area is 173 Å². The smallest absolute Gasteiger partial charge is 0.350 e. The fraction of sp³-hybridized carbons (Fsp3) is 0.278. The van der Waals surface area contributed by atoms with Gasteiger partial charge in [-0.15, -0.1) is 0 Å². The molecular formula is C18H17F3N6O2S. The zero-order chi connectivity index (χ0) is 22.1. The predicted molar refractivity (Wildman–Crippen MR) is 104 cm³/mol. The second kappa shape index (κ2) is 8.22. The summed E-state index contributed by atoms with van der Waals surface area (Å²) in [5.74, 6) is -0.129. The number of hydrogen-bond donors (Lipinski definition) is 2. The van der Waals surface area contributed by atoms with Gasteiger partial charge in [0.05, 0.1) is 11.3 Å². The van der Waals surface area contributed by atoms with Crippen LogP contribution in [0.1, 0.15) is 27.6 Å². The Morgan fingerprint density at radius 3 is 2.67 bits per heavy atom. The average molecular weight is 438 g/mol. The average Bonchev–Trinajstić information content (AvgIpc) is 2.99. The highest BCUT2D eigenvalue weighted by Crippen LogP contribution is 2.30. The lowest BCUT2D eigenvalue weighted by Crippen LogP contribution is -2.33. The highest BCUT2D eigenvalue weighted by molar-refractivity contribution is 7.71. The van der Waals surface area contributed by atoms with Crippen molar-refractivity contribution >= 4 is 18.1 Å². The van der Waals surface area contributed by atoms with Crippen LogP contribution in [0.5, 0.6) is 0 Å². The summed E-state index contributed by atoms with van der Waals surface area (Å²) >= 11 is 5.01. The summed E-state index contributed by atoms with van der Waals surface area (Å²) in [5.41, 5.74) is -1.55. The Hall–Kier alpha value is -3.28.